The number of hydrogen-bond acceptors (Lipinski definition) is 5. The van der Waals surface area contributed by atoms with Crippen LogP contribution in [0.2, 0.25) is 5.02 Å². The number of carbonyl (C=O) groups is 2. The quantitative estimate of drug-likeness (QED) is 0.116. The number of aromatic nitrogens is 1. The fourth-order valence-corrected chi connectivity index (χ4v) is 6.88. The van der Waals surface area contributed by atoms with E-state index in [4.69, 9.17) is 16.3 Å². The van der Waals surface area contributed by atoms with Crippen molar-refractivity contribution >= 4 is 23.5 Å². The Bertz CT molecular complexity index is 2110. The Kier molecular flexibility index (Phi) is 11.4. The van der Waals surface area contributed by atoms with Crippen molar-refractivity contribution in [1.82, 2.24) is 9.88 Å². The van der Waals surface area contributed by atoms with Gasteiger partial charge in [-0.2, -0.15) is 13.2 Å². The first-order valence-corrected chi connectivity index (χ1v) is 17.4. The average molecular weight is 747 g/mol. The van der Waals surface area contributed by atoms with Gasteiger partial charge in [0.25, 0.3) is 0 Å². The summed E-state index contributed by atoms with van der Waals surface area (Å²) in [5.74, 6) is -2.05. The van der Waals surface area contributed by atoms with Crippen molar-refractivity contribution in [3.63, 3.8) is 0 Å². The van der Waals surface area contributed by atoms with Gasteiger partial charge in [-0.05, 0) is 115 Å². The molecule has 0 saturated carbocycles. The molecule has 274 valence electrons. The van der Waals surface area contributed by atoms with Crippen LogP contribution in [-0.2, 0) is 32.0 Å². The Labute approximate surface area is 308 Å². The smallest absolute Gasteiger partial charge is 0.416 e. The number of pyridine rings is 1. The van der Waals surface area contributed by atoms with Gasteiger partial charge in [-0.25, -0.2) is 19.0 Å². The molecule has 7 nitrogen and oxygen atoms in total. The lowest BCUT2D eigenvalue weighted by atomic mass is 9.89. The molecule has 1 unspecified atom stereocenters. The SMILES string of the molecule is O=C(O)c1ccc(CCN(CCc2cc(F)ccc2OCc2ccc(-c3ccc(C(F)(F)F)cc3)cc2Cl)C2CCCc3nc(C(=O)O)ccc32)cc1. The molecule has 0 amide bonds. The number of alkyl halides is 3. The number of carboxylic acids is 2. The van der Waals surface area contributed by atoms with Gasteiger partial charge < -0.3 is 14.9 Å². The monoisotopic (exact) mass is 746 g/mol. The Morgan fingerprint density at radius 3 is 2.23 bits per heavy atom. The van der Waals surface area contributed by atoms with E-state index >= 15 is 0 Å². The maximum absolute atomic E-state index is 14.7. The summed E-state index contributed by atoms with van der Waals surface area (Å²) in [5.41, 5.74) is 4.59. The van der Waals surface area contributed by atoms with Crippen molar-refractivity contribution in [2.75, 3.05) is 13.1 Å². The Morgan fingerprint density at radius 1 is 0.830 bits per heavy atom. The zero-order valence-corrected chi connectivity index (χ0v) is 29.1. The summed E-state index contributed by atoms with van der Waals surface area (Å²) in [7, 11) is 0. The largest absolute Gasteiger partial charge is 0.489 e. The lowest BCUT2D eigenvalue weighted by Gasteiger charge is -2.36. The second kappa shape index (κ2) is 16.2. The third-order valence-corrected chi connectivity index (χ3v) is 9.83. The van der Waals surface area contributed by atoms with Crippen molar-refractivity contribution in [2.24, 2.45) is 0 Å². The van der Waals surface area contributed by atoms with Crippen LogP contribution in [0.1, 0.15) is 73.2 Å². The third-order valence-electron chi connectivity index (χ3n) is 9.48. The molecular weight excluding hydrogens is 712 g/mol. The molecule has 4 aromatic carbocycles. The number of ether oxygens (including phenoxy) is 1. The Balaban J connectivity index is 1.19. The zero-order chi connectivity index (χ0) is 37.7. The fraction of sp³-hybridized carbons (Fsp3) is 0.244. The van der Waals surface area contributed by atoms with E-state index in [2.05, 4.69) is 9.88 Å². The highest BCUT2D eigenvalue weighted by Crippen LogP contribution is 2.36. The summed E-state index contributed by atoms with van der Waals surface area (Å²) in [4.78, 5) is 29.7. The maximum atomic E-state index is 14.7. The lowest BCUT2D eigenvalue weighted by molar-refractivity contribution is -0.137. The van der Waals surface area contributed by atoms with Crippen LogP contribution < -0.4 is 4.74 Å². The summed E-state index contributed by atoms with van der Waals surface area (Å²) in [5, 5.41) is 19.2. The van der Waals surface area contributed by atoms with Crippen LogP contribution >= 0.6 is 11.6 Å². The van der Waals surface area contributed by atoms with E-state index in [9.17, 15) is 37.4 Å². The number of rotatable bonds is 13. The highest BCUT2D eigenvalue weighted by Gasteiger charge is 2.30. The molecule has 0 fully saturated rings. The molecule has 2 N–H and O–H groups in total. The molecule has 6 rings (SSSR count). The minimum atomic E-state index is -4.43. The van der Waals surface area contributed by atoms with Crippen molar-refractivity contribution in [3.8, 4) is 16.9 Å². The molecule has 1 heterocycles. The minimum absolute atomic E-state index is 0.00893. The highest BCUT2D eigenvalue weighted by atomic mass is 35.5. The second-order valence-electron chi connectivity index (χ2n) is 12.9. The first-order chi connectivity index (χ1) is 25.4. The van der Waals surface area contributed by atoms with Gasteiger partial charge in [0.05, 0.1) is 11.1 Å². The molecule has 1 aliphatic carbocycles. The minimum Gasteiger partial charge on any atom is -0.489 e. The van der Waals surface area contributed by atoms with Crippen molar-refractivity contribution in [3.05, 3.63) is 153 Å². The summed E-state index contributed by atoms with van der Waals surface area (Å²) in [6.45, 7) is 1.15. The summed E-state index contributed by atoms with van der Waals surface area (Å²) in [6.07, 6.45) is -1.12. The van der Waals surface area contributed by atoms with Crippen LogP contribution in [0.3, 0.4) is 0 Å². The molecule has 0 radical (unpaired) electrons. The standard InChI is InChI=1S/C41H35ClF4N2O5/c42-34-23-28(26-10-12-31(13-11-26)41(44,45)46)8-9-30(34)24-53-38-17-14-32(43)22-29(38)19-21-48(20-18-25-4-6-27(7-5-25)39(49)50)37-3-1-2-35-33(37)15-16-36(47-35)40(51)52/h4-17,22-23,37H,1-3,18-21,24H2,(H,49,50)(H,51,52). The van der Waals surface area contributed by atoms with Gasteiger partial charge in [0.1, 0.15) is 23.9 Å². The van der Waals surface area contributed by atoms with E-state index in [-0.39, 0.29) is 23.9 Å². The van der Waals surface area contributed by atoms with Crippen LogP contribution in [0.5, 0.6) is 5.75 Å². The molecule has 1 aliphatic rings. The maximum Gasteiger partial charge on any atom is 0.416 e. The van der Waals surface area contributed by atoms with Gasteiger partial charge in [0, 0.05) is 35.4 Å². The van der Waals surface area contributed by atoms with Gasteiger partial charge in [-0.15, -0.1) is 0 Å². The molecule has 5 aromatic rings. The van der Waals surface area contributed by atoms with E-state index in [0.29, 0.717) is 65.4 Å². The number of benzene rings is 4. The molecule has 0 saturated heterocycles. The molecule has 53 heavy (non-hydrogen) atoms. The van der Waals surface area contributed by atoms with Crippen molar-refractivity contribution < 1.29 is 42.1 Å². The number of aryl methyl sites for hydroxylation is 1. The van der Waals surface area contributed by atoms with Gasteiger partial charge in [-0.1, -0.05) is 54.1 Å². The van der Waals surface area contributed by atoms with Gasteiger partial charge in [0.2, 0.25) is 0 Å². The normalized spacial score (nSPS) is 14.2. The molecule has 12 heteroatoms. The van der Waals surface area contributed by atoms with Crippen LogP contribution in [0.15, 0.2) is 97.1 Å². The lowest BCUT2D eigenvalue weighted by Crippen LogP contribution is -2.35. The Hall–Kier alpha value is -5.26. The summed E-state index contributed by atoms with van der Waals surface area (Å²) in [6, 6.07) is 24.3. The average Bonchev–Trinajstić information content (AvgIpc) is 3.14. The molecule has 0 spiro atoms. The van der Waals surface area contributed by atoms with Crippen LogP contribution in [0.4, 0.5) is 17.6 Å². The zero-order valence-electron chi connectivity index (χ0n) is 28.4. The number of hydrogen-bond donors (Lipinski definition) is 2. The number of carboxylic acid groups (broad SMARTS) is 2. The second-order valence-corrected chi connectivity index (χ2v) is 13.3. The van der Waals surface area contributed by atoms with E-state index in [0.717, 1.165) is 41.8 Å². The molecular formula is C41H35ClF4N2O5. The number of halogens is 5. The first-order valence-electron chi connectivity index (χ1n) is 17.0. The molecule has 0 aliphatic heterocycles. The van der Waals surface area contributed by atoms with Crippen molar-refractivity contribution in [1.29, 1.82) is 0 Å². The summed E-state index contributed by atoms with van der Waals surface area (Å²) >= 11 is 6.59. The fourth-order valence-electron chi connectivity index (χ4n) is 6.64. The molecule has 0 bridgehead atoms. The van der Waals surface area contributed by atoms with E-state index in [1.165, 1.54) is 30.3 Å². The predicted molar refractivity (Wildman–Crippen MR) is 192 cm³/mol. The van der Waals surface area contributed by atoms with Crippen LogP contribution in [0, 0.1) is 5.82 Å². The van der Waals surface area contributed by atoms with Crippen LogP contribution in [0.25, 0.3) is 11.1 Å². The molecule has 1 atom stereocenters. The van der Waals surface area contributed by atoms with E-state index in [1.54, 1.807) is 48.5 Å². The number of nitrogens with zero attached hydrogens (tertiary/aromatic N) is 2. The topological polar surface area (TPSA) is 100.0 Å². The predicted octanol–water partition coefficient (Wildman–Crippen LogP) is 9.70. The van der Waals surface area contributed by atoms with Gasteiger partial charge in [0.15, 0.2) is 0 Å². The number of aromatic carboxylic acids is 2. The Morgan fingerprint density at radius 2 is 1.55 bits per heavy atom. The summed E-state index contributed by atoms with van der Waals surface area (Å²) < 4.78 is 59.9. The van der Waals surface area contributed by atoms with Gasteiger partial charge >= 0.3 is 18.1 Å². The van der Waals surface area contributed by atoms with Crippen molar-refractivity contribution in [2.45, 2.75) is 50.9 Å². The third kappa shape index (κ3) is 9.22. The number of fused-ring (bicyclic) bond motifs is 1. The first kappa shape index (κ1) is 37.5. The molecule has 1 aromatic heterocycles. The van der Waals surface area contributed by atoms with Crippen LogP contribution in [-0.4, -0.2) is 45.1 Å². The van der Waals surface area contributed by atoms with E-state index < -0.39 is 29.5 Å². The highest BCUT2D eigenvalue weighted by molar-refractivity contribution is 6.31. The van der Waals surface area contributed by atoms with E-state index in [1.807, 2.05) is 6.07 Å². The van der Waals surface area contributed by atoms with Gasteiger partial charge in [-0.3, -0.25) is 4.90 Å².